The van der Waals surface area contributed by atoms with Crippen molar-refractivity contribution in [3.05, 3.63) is 117 Å². The molecular weight excluding hydrogens is 1580 g/mol. The summed E-state index contributed by atoms with van der Waals surface area (Å²) in [5, 5.41) is 117. The van der Waals surface area contributed by atoms with E-state index in [1.54, 1.807) is 34.6 Å². The number of phenols is 2. The summed E-state index contributed by atoms with van der Waals surface area (Å²) in [6.07, 6.45) is -7.75. The third-order valence-electron chi connectivity index (χ3n) is 22.3. The number of nitrogens with two attached hydrogens (primary N) is 1. The number of ether oxygens (including phenoxy) is 6. The molecule has 6 heterocycles. The number of phenolic OH excluding ortho intramolecular Hbond substituents is 2. The molecule has 15 rings (SSSR count). The number of fused-ring (bicyclic) bond motifs is 15. The van der Waals surface area contributed by atoms with Gasteiger partial charge in [-0.1, -0.05) is 94.3 Å². The van der Waals surface area contributed by atoms with E-state index in [0.29, 0.717) is 18.3 Å². The van der Waals surface area contributed by atoms with Crippen LogP contribution in [0.4, 0.5) is 9.59 Å². The topological polar surface area (TPSA) is 522 Å². The molecule has 19 N–H and O–H groups in total. The Morgan fingerprint density at radius 1 is 0.627 bits per heavy atom. The summed E-state index contributed by atoms with van der Waals surface area (Å²) < 4.78 is 36.6. The molecule has 636 valence electrons. The van der Waals surface area contributed by atoms with Gasteiger partial charge in [-0.15, -0.1) is 0 Å². The zero-order chi connectivity index (χ0) is 85.0. The number of benzene rings is 5. The maximum Gasteiger partial charge on any atom is 0.412 e. The summed E-state index contributed by atoms with van der Waals surface area (Å²) in [5.74, 6) is -13.9. The van der Waals surface area contributed by atoms with E-state index in [1.165, 1.54) is 24.3 Å². The van der Waals surface area contributed by atoms with Crippen LogP contribution in [0.1, 0.15) is 183 Å². The monoisotopic (exact) mass is 1680 g/mol. The van der Waals surface area contributed by atoms with E-state index in [2.05, 4.69) is 54.8 Å². The van der Waals surface area contributed by atoms with E-state index in [1.807, 2.05) is 0 Å². The van der Waals surface area contributed by atoms with E-state index in [-0.39, 0.29) is 81.3 Å². The van der Waals surface area contributed by atoms with Crippen LogP contribution in [0.15, 0.2) is 78.9 Å². The molecule has 5 aromatic rings. The van der Waals surface area contributed by atoms with E-state index >= 15 is 28.8 Å². The van der Waals surface area contributed by atoms with E-state index in [0.717, 1.165) is 119 Å². The first-order valence-corrected chi connectivity index (χ1v) is 40.3. The van der Waals surface area contributed by atoms with Crippen LogP contribution < -0.4 is 72.5 Å². The van der Waals surface area contributed by atoms with Crippen LogP contribution in [-0.2, 0) is 47.8 Å². The number of carbonyl (C=O) groups is 10. The van der Waals surface area contributed by atoms with Crippen molar-refractivity contribution >= 4 is 82.6 Å². The molecule has 36 heteroatoms. The van der Waals surface area contributed by atoms with Crippen molar-refractivity contribution < 1.29 is 117 Å². The molecule has 5 aromatic carbocycles. The molecule has 6 aliphatic heterocycles. The van der Waals surface area contributed by atoms with Gasteiger partial charge >= 0.3 is 12.2 Å². The summed E-state index contributed by atoms with van der Waals surface area (Å²) in [4.78, 5) is 150. The summed E-state index contributed by atoms with van der Waals surface area (Å²) in [5.41, 5.74) is 2.47. The summed E-state index contributed by atoms with van der Waals surface area (Å²) in [6.45, 7) is 9.49. The smallest absolute Gasteiger partial charge is 0.412 e. The van der Waals surface area contributed by atoms with E-state index in [9.17, 15) is 60.0 Å². The molecule has 34 nitrogen and oxygen atoms in total. The molecule has 15 bridgehead atoms. The molecule has 1 saturated heterocycles. The van der Waals surface area contributed by atoms with Crippen molar-refractivity contribution in [3.63, 3.8) is 0 Å². The number of amides is 10. The molecule has 5 fully saturated rings. The first-order chi connectivity index (χ1) is 56.0. The Morgan fingerprint density at radius 2 is 1.23 bits per heavy atom. The van der Waals surface area contributed by atoms with Gasteiger partial charge in [0.25, 0.3) is 0 Å². The lowest BCUT2D eigenvalue weighted by atomic mass is 9.54. The lowest BCUT2D eigenvalue weighted by molar-refractivity contribution is -0.277. The number of halogens is 2. The number of aliphatic hydroxyl groups excluding tert-OH is 6. The lowest BCUT2D eigenvalue weighted by Crippen LogP contribution is -2.60. The highest BCUT2D eigenvalue weighted by Crippen LogP contribution is 2.55. The SMILES string of the molecule is CCCCCCCCNC(=O)Oc1cc(O)c2c(c1)[C@@H](C(=O)NC1C3CC4CC(C3)CC1C4)NC(=O)[C@@H]1NC(=O)[C@H](NC(=O)[C@@H]3NC(=O)[C@H](CC(N)=O)NC(=O)[C@H](NC(=O)[C@@H](CC(C)C)NC(=O)OC(C)(C)C)[C@H](O)c4ccc(c(Cl)c4)Oc4cc3cc(c4OC3OC(CO)C(O)C(O)C3O)Oc3ccc(cc3Cl)[C@H]1O)c1ccc(O)c-2c1. The van der Waals surface area contributed by atoms with Crippen LogP contribution in [-0.4, -0.2) is 180 Å². The van der Waals surface area contributed by atoms with Crippen LogP contribution >= 0.6 is 23.2 Å². The van der Waals surface area contributed by atoms with Crippen molar-refractivity contribution in [1.29, 1.82) is 0 Å². The molecule has 10 amide bonds. The fourth-order valence-electron chi connectivity index (χ4n) is 16.8. The number of hydrogen-bond donors (Lipinski definition) is 18. The maximum absolute atomic E-state index is 16.3. The Labute approximate surface area is 688 Å². The minimum Gasteiger partial charge on any atom is -0.507 e. The Bertz CT molecular complexity index is 4630. The number of primary amides is 1. The van der Waals surface area contributed by atoms with Gasteiger partial charge in [-0.3, -0.25) is 38.4 Å². The van der Waals surface area contributed by atoms with Crippen LogP contribution in [0, 0.1) is 29.6 Å². The second-order valence-corrected chi connectivity index (χ2v) is 33.5. The van der Waals surface area contributed by atoms with Gasteiger partial charge in [0.15, 0.2) is 11.5 Å². The highest BCUT2D eigenvalue weighted by molar-refractivity contribution is 6.32. The zero-order valence-electron chi connectivity index (χ0n) is 65.6. The fourth-order valence-corrected chi connectivity index (χ4v) is 17.2. The molecule has 5 unspecified atom stereocenters. The van der Waals surface area contributed by atoms with Crippen LogP contribution in [0.3, 0.4) is 0 Å². The Kier molecular flexibility index (Phi) is 27.2. The van der Waals surface area contributed by atoms with Gasteiger partial charge in [0.2, 0.25) is 59.3 Å². The Balaban J connectivity index is 1.04. The number of hydrogen-bond acceptors (Lipinski definition) is 24. The van der Waals surface area contributed by atoms with Gasteiger partial charge in [0, 0.05) is 29.8 Å². The molecule has 0 spiro atoms. The van der Waals surface area contributed by atoms with Gasteiger partial charge in [-0.05, 0) is 178 Å². The fraction of sp³-hybridized carbons (Fsp3) is 0.512. The zero-order valence-corrected chi connectivity index (χ0v) is 67.1. The van der Waals surface area contributed by atoms with Gasteiger partial charge in [-0.25, -0.2) is 9.59 Å². The summed E-state index contributed by atoms with van der Waals surface area (Å²) >= 11 is 14.2. The van der Waals surface area contributed by atoms with Gasteiger partial charge in [-0.2, -0.15) is 0 Å². The quantitative estimate of drug-likeness (QED) is 0.0411. The van der Waals surface area contributed by atoms with Crippen molar-refractivity contribution in [2.75, 3.05) is 13.2 Å². The number of carbonyl (C=O) groups excluding carboxylic acids is 10. The first-order valence-electron chi connectivity index (χ1n) is 39.6. The first kappa shape index (κ1) is 87.0. The van der Waals surface area contributed by atoms with Crippen molar-refractivity contribution in [2.45, 2.75) is 222 Å². The van der Waals surface area contributed by atoms with Crippen molar-refractivity contribution in [2.24, 2.45) is 35.3 Å². The number of unbranched alkanes of at least 4 members (excludes halogenated alkanes) is 5. The van der Waals surface area contributed by atoms with Crippen LogP contribution in [0.5, 0.6) is 46.0 Å². The molecule has 4 saturated carbocycles. The van der Waals surface area contributed by atoms with Crippen molar-refractivity contribution in [3.8, 4) is 57.1 Å². The average Bonchev–Trinajstić information content (AvgIpc) is 0.756. The molecule has 0 radical (unpaired) electrons. The molecule has 14 atom stereocenters. The molecular formula is C82H100Cl2N10O24. The third kappa shape index (κ3) is 20.0. The number of nitrogens with one attached hydrogen (secondary N) is 9. The predicted octanol–water partition coefficient (Wildman–Crippen LogP) is 5.77. The second kappa shape index (κ2) is 36.9. The predicted molar refractivity (Wildman–Crippen MR) is 420 cm³/mol. The van der Waals surface area contributed by atoms with E-state index < -0.39 is 214 Å². The Hall–Kier alpha value is -10.3. The third-order valence-corrected chi connectivity index (χ3v) is 22.9. The molecule has 10 aliphatic rings. The average molecular weight is 1680 g/mol. The number of alkyl carbamates (subject to hydrolysis) is 1. The summed E-state index contributed by atoms with van der Waals surface area (Å²) in [6, 6.07) is -0.526. The van der Waals surface area contributed by atoms with E-state index in [4.69, 9.17) is 57.4 Å². The van der Waals surface area contributed by atoms with Gasteiger partial charge < -0.3 is 123 Å². The Morgan fingerprint density at radius 3 is 1.84 bits per heavy atom. The minimum atomic E-state index is -2.37. The number of aliphatic hydroxyl groups is 6. The van der Waals surface area contributed by atoms with Crippen LogP contribution in [0.2, 0.25) is 10.0 Å². The number of rotatable bonds is 20. The largest absolute Gasteiger partial charge is 0.507 e. The van der Waals surface area contributed by atoms with Gasteiger partial charge in [0.1, 0.15) is 113 Å². The highest BCUT2D eigenvalue weighted by Gasteiger charge is 2.51. The highest BCUT2D eigenvalue weighted by atomic mass is 35.5. The minimum absolute atomic E-state index is 0.0376. The second-order valence-electron chi connectivity index (χ2n) is 32.7. The number of aromatic hydroxyl groups is 2. The van der Waals surface area contributed by atoms with Crippen molar-refractivity contribution in [1.82, 2.24) is 47.9 Å². The lowest BCUT2D eigenvalue weighted by Gasteiger charge is -2.54. The molecule has 4 aliphatic carbocycles. The standard InChI is InChI=1S/C82H100Cl2N10O24/c1-7-8-9-10-11-12-19-86-80(111)113-44-31-46-59(52(97)32-44)45-26-38(13-16-51(45)96)61-74(106)94-65(78(110)92-63(46)76(108)89-60-41-22-36-21-37(24-41)25-42(60)23-36)67(100)40-15-18-54(48(84)28-40)115-56-30-43-29-55(71(56)117-79-70(103)69(102)68(101)57(34-95)116-79)114-53-17-14-39(27-47(53)83)66(99)64(93-72(104)49(20-35(2)3)88-81(112)118-82(4,5)6)77(109)87-50(33-58(85)98)73(105)90-62(43)75(107)91-61/h13-18,26-32,35-37,41-42,49-50,57,60-70,79,95-97,99-103H,7-12,19-25,33-34H2,1-6H3,(H2,85,98)(H,86,111)(H,87,109)(H,88,112)(H,89,108)(H,90,105)(H,91,107)(H,92,110)(H,93,104)(H,94,106)/t36?,37?,41?,42?,49-,50+,57?,60?,61-,62-,63+,64-,65-,66-,67-,68?,69?,70?,79?/m1/s1. The van der Waals surface area contributed by atoms with Crippen LogP contribution in [0.25, 0.3) is 11.1 Å². The maximum atomic E-state index is 16.3. The molecule has 0 aromatic heterocycles. The summed E-state index contributed by atoms with van der Waals surface area (Å²) in [7, 11) is 0. The van der Waals surface area contributed by atoms with Gasteiger partial charge in [0.05, 0.1) is 23.1 Å². The molecule has 118 heavy (non-hydrogen) atoms. The normalized spacial score (nSPS) is 27.6.